The van der Waals surface area contributed by atoms with Gasteiger partial charge in [0.1, 0.15) is 0 Å². The molecule has 1 aromatic heterocycles. The van der Waals surface area contributed by atoms with Crippen LogP contribution in [0.2, 0.25) is 0 Å². The lowest BCUT2D eigenvalue weighted by atomic mass is 9.88. The van der Waals surface area contributed by atoms with E-state index in [0.717, 1.165) is 5.52 Å². The van der Waals surface area contributed by atoms with Gasteiger partial charge in [-0.3, -0.25) is 4.68 Å². The molecule has 0 aliphatic carbocycles. The predicted molar refractivity (Wildman–Crippen MR) is 67.3 cm³/mol. The van der Waals surface area contributed by atoms with Gasteiger partial charge in [0.2, 0.25) is 0 Å². The van der Waals surface area contributed by atoms with E-state index in [0.29, 0.717) is 6.54 Å². The highest BCUT2D eigenvalue weighted by atomic mass is 15.3. The Balaban J connectivity index is 2.86. The Morgan fingerprint density at radius 3 is 2.56 bits per heavy atom. The minimum atomic E-state index is 0.0781. The minimum absolute atomic E-state index is 0.0781. The van der Waals surface area contributed by atoms with Crippen molar-refractivity contribution in [3.8, 4) is 0 Å². The smallest absolute Gasteiger partial charge is 0.0929 e. The number of aryl methyl sites for hydroxylation is 1. The molecule has 86 valence electrons. The first-order valence-electron chi connectivity index (χ1n) is 5.60. The SMILES string of the molecule is Cn1nc2cccc(CN)c2c1C(C)(C)C. The van der Waals surface area contributed by atoms with Gasteiger partial charge in [-0.1, -0.05) is 32.9 Å². The highest BCUT2D eigenvalue weighted by Crippen LogP contribution is 2.31. The molecule has 0 saturated carbocycles. The first-order chi connectivity index (χ1) is 7.45. The molecule has 0 aliphatic rings. The predicted octanol–water partition coefficient (Wildman–Crippen LogP) is 2.33. The highest BCUT2D eigenvalue weighted by molar-refractivity contribution is 5.86. The Morgan fingerprint density at radius 2 is 2.00 bits per heavy atom. The molecule has 16 heavy (non-hydrogen) atoms. The molecule has 1 heterocycles. The Morgan fingerprint density at radius 1 is 1.31 bits per heavy atom. The van der Waals surface area contributed by atoms with Crippen LogP contribution in [0.1, 0.15) is 32.0 Å². The summed E-state index contributed by atoms with van der Waals surface area (Å²) in [6.45, 7) is 7.18. The van der Waals surface area contributed by atoms with Crippen molar-refractivity contribution in [2.24, 2.45) is 12.8 Å². The van der Waals surface area contributed by atoms with E-state index in [2.05, 4.69) is 31.9 Å². The summed E-state index contributed by atoms with van der Waals surface area (Å²) >= 11 is 0. The van der Waals surface area contributed by atoms with Crippen LogP contribution in [0.25, 0.3) is 10.9 Å². The average Bonchev–Trinajstić information content (AvgIpc) is 2.52. The van der Waals surface area contributed by atoms with Gasteiger partial charge >= 0.3 is 0 Å². The molecule has 2 N–H and O–H groups in total. The minimum Gasteiger partial charge on any atom is -0.326 e. The number of nitrogens with zero attached hydrogens (tertiary/aromatic N) is 2. The number of aromatic nitrogens is 2. The largest absolute Gasteiger partial charge is 0.326 e. The summed E-state index contributed by atoms with van der Waals surface area (Å²) in [6.07, 6.45) is 0. The summed E-state index contributed by atoms with van der Waals surface area (Å²) in [5.74, 6) is 0. The molecular formula is C13H19N3. The second-order valence-corrected chi connectivity index (χ2v) is 5.24. The Labute approximate surface area is 96.2 Å². The van der Waals surface area contributed by atoms with Gasteiger partial charge in [0, 0.05) is 24.4 Å². The van der Waals surface area contributed by atoms with Gasteiger partial charge in [-0.05, 0) is 11.6 Å². The van der Waals surface area contributed by atoms with Crippen molar-refractivity contribution in [3.63, 3.8) is 0 Å². The molecule has 0 amide bonds. The summed E-state index contributed by atoms with van der Waals surface area (Å²) in [7, 11) is 2.00. The monoisotopic (exact) mass is 217 g/mol. The lowest BCUT2D eigenvalue weighted by Crippen LogP contribution is -2.17. The van der Waals surface area contributed by atoms with Gasteiger partial charge < -0.3 is 5.73 Å². The van der Waals surface area contributed by atoms with Crippen molar-refractivity contribution in [1.29, 1.82) is 0 Å². The van der Waals surface area contributed by atoms with Gasteiger partial charge in [0.15, 0.2) is 0 Å². The summed E-state index contributed by atoms with van der Waals surface area (Å²) in [6, 6.07) is 6.15. The number of hydrogen-bond donors (Lipinski definition) is 1. The molecule has 3 heteroatoms. The maximum Gasteiger partial charge on any atom is 0.0929 e. The second-order valence-electron chi connectivity index (χ2n) is 5.24. The molecule has 0 bridgehead atoms. The topological polar surface area (TPSA) is 43.8 Å². The van der Waals surface area contributed by atoms with E-state index in [9.17, 15) is 0 Å². The van der Waals surface area contributed by atoms with E-state index < -0.39 is 0 Å². The van der Waals surface area contributed by atoms with Crippen molar-refractivity contribution < 1.29 is 0 Å². The van der Waals surface area contributed by atoms with Crippen LogP contribution in [-0.4, -0.2) is 9.78 Å². The first kappa shape index (κ1) is 11.1. The van der Waals surface area contributed by atoms with Crippen LogP contribution >= 0.6 is 0 Å². The lowest BCUT2D eigenvalue weighted by Gasteiger charge is -2.20. The van der Waals surface area contributed by atoms with E-state index >= 15 is 0 Å². The fraction of sp³-hybridized carbons (Fsp3) is 0.462. The van der Waals surface area contributed by atoms with Crippen LogP contribution in [0.5, 0.6) is 0 Å². The molecule has 0 unspecified atom stereocenters. The zero-order valence-electron chi connectivity index (χ0n) is 10.4. The number of hydrogen-bond acceptors (Lipinski definition) is 2. The van der Waals surface area contributed by atoms with Gasteiger partial charge in [-0.2, -0.15) is 5.10 Å². The third-order valence-electron chi connectivity index (χ3n) is 2.88. The molecule has 2 aromatic rings. The Bertz CT molecular complexity index is 518. The maximum atomic E-state index is 5.80. The fourth-order valence-corrected chi connectivity index (χ4v) is 2.35. The van der Waals surface area contributed by atoms with Crippen molar-refractivity contribution in [3.05, 3.63) is 29.5 Å². The zero-order valence-corrected chi connectivity index (χ0v) is 10.4. The van der Waals surface area contributed by atoms with Crippen molar-refractivity contribution in [2.75, 3.05) is 0 Å². The molecule has 3 nitrogen and oxygen atoms in total. The molecule has 0 radical (unpaired) electrons. The molecule has 0 atom stereocenters. The van der Waals surface area contributed by atoms with Crippen molar-refractivity contribution >= 4 is 10.9 Å². The van der Waals surface area contributed by atoms with Crippen LogP contribution in [0.3, 0.4) is 0 Å². The van der Waals surface area contributed by atoms with Crippen LogP contribution in [0, 0.1) is 0 Å². The van der Waals surface area contributed by atoms with E-state index in [1.807, 2.05) is 23.9 Å². The van der Waals surface area contributed by atoms with Gasteiger partial charge in [0.05, 0.1) is 11.2 Å². The van der Waals surface area contributed by atoms with Crippen LogP contribution < -0.4 is 5.73 Å². The molecule has 1 aromatic carbocycles. The van der Waals surface area contributed by atoms with Gasteiger partial charge in [-0.25, -0.2) is 0 Å². The van der Waals surface area contributed by atoms with Crippen molar-refractivity contribution in [2.45, 2.75) is 32.7 Å². The standard InChI is InChI=1S/C13H19N3/c1-13(2,3)12-11-9(8-14)6-5-7-10(11)15-16(12)4/h5-7H,8,14H2,1-4H3. The Kier molecular flexibility index (Phi) is 2.50. The molecule has 0 saturated heterocycles. The number of nitrogens with two attached hydrogens (primary N) is 1. The van der Waals surface area contributed by atoms with E-state index in [4.69, 9.17) is 5.73 Å². The summed E-state index contributed by atoms with van der Waals surface area (Å²) in [5.41, 5.74) is 9.35. The van der Waals surface area contributed by atoms with Crippen LogP contribution in [0.15, 0.2) is 18.2 Å². The molecule has 2 rings (SSSR count). The molecule has 0 fully saturated rings. The zero-order chi connectivity index (χ0) is 11.9. The molecular weight excluding hydrogens is 198 g/mol. The summed E-state index contributed by atoms with van der Waals surface area (Å²) in [4.78, 5) is 0. The lowest BCUT2D eigenvalue weighted by molar-refractivity contribution is 0.528. The average molecular weight is 217 g/mol. The first-order valence-corrected chi connectivity index (χ1v) is 5.60. The quantitative estimate of drug-likeness (QED) is 0.796. The summed E-state index contributed by atoms with van der Waals surface area (Å²) in [5, 5.41) is 5.77. The normalized spacial score (nSPS) is 12.3. The van der Waals surface area contributed by atoms with Gasteiger partial charge in [0.25, 0.3) is 0 Å². The summed E-state index contributed by atoms with van der Waals surface area (Å²) < 4.78 is 1.98. The Hall–Kier alpha value is -1.35. The van der Waals surface area contributed by atoms with Crippen LogP contribution in [0.4, 0.5) is 0 Å². The second kappa shape index (κ2) is 3.59. The maximum absolute atomic E-state index is 5.80. The number of rotatable bonds is 1. The number of benzene rings is 1. The van der Waals surface area contributed by atoms with E-state index in [1.54, 1.807) is 0 Å². The third-order valence-corrected chi connectivity index (χ3v) is 2.88. The van der Waals surface area contributed by atoms with Crippen molar-refractivity contribution in [1.82, 2.24) is 9.78 Å². The third kappa shape index (κ3) is 1.61. The van der Waals surface area contributed by atoms with Gasteiger partial charge in [-0.15, -0.1) is 0 Å². The fourth-order valence-electron chi connectivity index (χ4n) is 2.35. The van der Waals surface area contributed by atoms with E-state index in [1.165, 1.54) is 16.6 Å². The van der Waals surface area contributed by atoms with Crippen LogP contribution in [-0.2, 0) is 19.0 Å². The molecule has 0 spiro atoms. The van der Waals surface area contributed by atoms with E-state index in [-0.39, 0.29) is 5.41 Å². The molecule has 0 aliphatic heterocycles. The number of fused-ring (bicyclic) bond motifs is 1. The highest BCUT2D eigenvalue weighted by Gasteiger charge is 2.23.